The van der Waals surface area contributed by atoms with Crippen LogP contribution in [0, 0.1) is 5.92 Å². The third-order valence-corrected chi connectivity index (χ3v) is 3.86. The Morgan fingerprint density at radius 3 is 2.84 bits per heavy atom. The van der Waals surface area contributed by atoms with Crippen molar-refractivity contribution in [2.75, 3.05) is 0 Å². The second-order valence-electron chi connectivity index (χ2n) is 5.28. The van der Waals surface area contributed by atoms with E-state index in [1.54, 1.807) is 0 Å². The minimum absolute atomic E-state index is 0.114. The molecule has 0 saturated carbocycles. The molecule has 0 spiro atoms. The van der Waals surface area contributed by atoms with Gasteiger partial charge in [-0.25, -0.2) is 0 Å². The van der Waals surface area contributed by atoms with E-state index in [1.165, 1.54) is 0 Å². The molecule has 1 fully saturated rings. The summed E-state index contributed by atoms with van der Waals surface area (Å²) in [5, 5.41) is 11.9. The van der Waals surface area contributed by atoms with Crippen LogP contribution < -0.4 is 5.32 Å². The summed E-state index contributed by atoms with van der Waals surface area (Å²) in [6, 6.07) is -0.188. The smallest absolute Gasteiger partial charge is 0.306 e. The maximum absolute atomic E-state index is 12.0. The number of carboxylic acids is 1. The number of rotatable bonds is 4. The van der Waals surface area contributed by atoms with Crippen LogP contribution in [0.4, 0.5) is 0 Å². The van der Waals surface area contributed by atoms with Gasteiger partial charge in [0.15, 0.2) is 0 Å². The summed E-state index contributed by atoms with van der Waals surface area (Å²) in [7, 11) is 0. The van der Waals surface area contributed by atoms with E-state index in [0.717, 1.165) is 19.3 Å². The number of ether oxygens (including phenoxy) is 1. The summed E-state index contributed by atoms with van der Waals surface area (Å²) in [6.07, 6.45) is 7.12. The number of carboxylic acid groups (broad SMARTS) is 1. The normalized spacial score (nSPS) is 34.2. The van der Waals surface area contributed by atoms with Gasteiger partial charge < -0.3 is 15.2 Å². The van der Waals surface area contributed by atoms with Gasteiger partial charge in [0, 0.05) is 6.04 Å². The van der Waals surface area contributed by atoms with E-state index in [9.17, 15) is 9.59 Å². The van der Waals surface area contributed by atoms with Crippen molar-refractivity contribution in [1.29, 1.82) is 0 Å². The maximum Gasteiger partial charge on any atom is 0.306 e. The molecule has 0 aromatic heterocycles. The zero-order valence-corrected chi connectivity index (χ0v) is 11.2. The Kier molecular flexibility index (Phi) is 4.58. The molecule has 0 bridgehead atoms. The Hall–Kier alpha value is -1.36. The van der Waals surface area contributed by atoms with Crippen molar-refractivity contribution in [1.82, 2.24) is 5.32 Å². The molecule has 1 saturated heterocycles. The van der Waals surface area contributed by atoms with E-state index in [2.05, 4.69) is 5.32 Å². The van der Waals surface area contributed by atoms with Gasteiger partial charge in [-0.15, -0.1) is 0 Å². The monoisotopic (exact) mass is 267 g/mol. The molecule has 1 aliphatic heterocycles. The first-order valence-electron chi connectivity index (χ1n) is 6.95. The fraction of sp³-hybridized carbons (Fsp3) is 0.714. The zero-order valence-electron chi connectivity index (χ0n) is 11.2. The van der Waals surface area contributed by atoms with Crippen molar-refractivity contribution < 1.29 is 19.4 Å². The van der Waals surface area contributed by atoms with Crippen molar-refractivity contribution in [2.24, 2.45) is 5.92 Å². The summed E-state index contributed by atoms with van der Waals surface area (Å²) in [5.41, 5.74) is 0. The molecule has 5 heteroatoms. The van der Waals surface area contributed by atoms with E-state index < -0.39 is 11.9 Å². The molecule has 0 unspecified atom stereocenters. The first kappa shape index (κ1) is 14.1. The fourth-order valence-electron chi connectivity index (χ4n) is 2.67. The maximum atomic E-state index is 12.0. The van der Waals surface area contributed by atoms with Crippen LogP contribution in [0.5, 0.6) is 0 Å². The van der Waals surface area contributed by atoms with Gasteiger partial charge in [-0.1, -0.05) is 19.1 Å². The number of amides is 1. The van der Waals surface area contributed by atoms with Crippen LogP contribution in [-0.2, 0) is 14.3 Å². The number of carbonyl (C=O) groups is 2. The molecule has 4 atom stereocenters. The first-order chi connectivity index (χ1) is 9.10. The number of carbonyl (C=O) groups excluding carboxylic acids is 1. The molecule has 1 amide bonds. The largest absolute Gasteiger partial charge is 0.481 e. The predicted octanol–water partition coefficient (Wildman–Crippen LogP) is 1.48. The molecule has 2 aliphatic rings. The summed E-state index contributed by atoms with van der Waals surface area (Å²) in [4.78, 5) is 23.0. The number of aliphatic carboxylic acids is 1. The Morgan fingerprint density at radius 1 is 1.42 bits per heavy atom. The molecule has 2 N–H and O–H groups in total. The molecule has 0 aromatic rings. The van der Waals surface area contributed by atoms with Gasteiger partial charge in [0.1, 0.15) is 6.10 Å². The number of hydrogen-bond acceptors (Lipinski definition) is 3. The number of hydrogen-bond donors (Lipinski definition) is 2. The molecule has 2 rings (SSSR count). The van der Waals surface area contributed by atoms with Crippen LogP contribution in [0.3, 0.4) is 0 Å². The quantitative estimate of drug-likeness (QED) is 0.756. The van der Waals surface area contributed by atoms with Gasteiger partial charge in [-0.3, -0.25) is 9.59 Å². The van der Waals surface area contributed by atoms with E-state index in [4.69, 9.17) is 9.84 Å². The van der Waals surface area contributed by atoms with Crippen LogP contribution in [0.25, 0.3) is 0 Å². The van der Waals surface area contributed by atoms with E-state index >= 15 is 0 Å². The molecule has 1 heterocycles. The summed E-state index contributed by atoms with van der Waals surface area (Å²) in [5.74, 6) is -1.31. The predicted molar refractivity (Wildman–Crippen MR) is 69.6 cm³/mol. The molecular weight excluding hydrogens is 246 g/mol. The van der Waals surface area contributed by atoms with Crippen molar-refractivity contribution in [3.63, 3.8) is 0 Å². The van der Waals surface area contributed by atoms with Crippen LogP contribution in [-0.4, -0.2) is 35.2 Å². The van der Waals surface area contributed by atoms with Crippen LogP contribution in [0.1, 0.15) is 39.0 Å². The lowest BCUT2D eigenvalue weighted by molar-refractivity contribution is -0.142. The van der Waals surface area contributed by atoms with Crippen LogP contribution in [0.2, 0.25) is 0 Å². The van der Waals surface area contributed by atoms with E-state index in [0.29, 0.717) is 12.8 Å². The van der Waals surface area contributed by atoms with Gasteiger partial charge in [0.05, 0.1) is 12.0 Å². The summed E-state index contributed by atoms with van der Waals surface area (Å²) in [6.45, 7) is 2.05. The highest BCUT2D eigenvalue weighted by molar-refractivity contribution is 5.81. The fourth-order valence-corrected chi connectivity index (χ4v) is 2.67. The molecule has 0 aromatic carbocycles. The number of allylic oxidation sites excluding steroid dienone is 1. The van der Waals surface area contributed by atoms with Crippen LogP contribution in [0.15, 0.2) is 12.2 Å². The standard InChI is InChI=1S/C14H21NO4/c1-2-11-6-7-12(19-11)13(16)15-10-5-3-4-9(8-10)14(17)18/h3,5,9-12H,2,4,6-8H2,1H3,(H,15,16)(H,17,18)/t9-,10-,11+,12+/m0/s1. The second kappa shape index (κ2) is 6.19. The zero-order chi connectivity index (χ0) is 13.8. The Morgan fingerprint density at radius 2 is 2.21 bits per heavy atom. The summed E-state index contributed by atoms with van der Waals surface area (Å²) < 4.78 is 5.64. The van der Waals surface area contributed by atoms with E-state index in [-0.39, 0.29) is 24.2 Å². The van der Waals surface area contributed by atoms with Crippen molar-refractivity contribution >= 4 is 11.9 Å². The summed E-state index contributed by atoms with van der Waals surface area (Å²) >= 11 is 0. The Bertz CT molecular complexity index is 380. The average Bonchev–Trinajstić information content (AvgIpc) is 2.88. The van der Waals surface area contributed by atoms with Gasteiger partial charge in [0.2, 0.25) is 5.91 Å². The SMILES string of the molecule is CC[C@@H]1CC[C@H](C(=O)N[C@H]2C=CC[C@H](C(=O)O)C2)O1. The molecular formula is C14H21NO4. The first-order valence-corrected chi connectivity index (χ1v) is 6.95. The van der Waals surface area contributed by atoms with Crippen molar-refractivity contribution in [2.45, 2.75) is 57.3 Å². The van der Waals surface area contributed by atoms with Crippen molar-refractivity contribution in [3.8, 4) is 0 Å². The minimum Gasteiger partial charge on any atom is -0.481 e. The third kappa shape index (κ3) is 3.56. The molecule has 0 radical (unpaired) electrons. The van der Waals surface area contributed by atoms with Crippen LogP contribution >= 0.6 is 0 Å². The molecule has 106 valence electrons. The Labute approximate surface area is 113 Å². The lowest BCUT2D eigenvalue weighted by atomic mass is 9.91. The van der Waals surface area contributed by atoms with Gasteiger partial charge in [0.25, 0.3) is 0 Å². The Balaban J connectivity index is 1.84. The lowest BCUT2D eigenvalue weighted by Crippen LogP contribution is -2.43. The molecule has 5 nitrogen and oxygen atoms in total. The number of nitrogens with one attached hydrogen (secondary N) is 1. The minimum atomic E-state index is -0.799. The third-order valence-electron chi connectivity index (χ3n) is 3.86. The highest BCUT2D eigenvalue weighted by Gasteiger charge is 2.32. The van der Waals surface area contributed by atoms with Gasteiger partial charge in [-0.05, 0) is 32.1 Å². The van der Waals surface area contributed by atoms with Gasteiger partial charge in [-0.2, -0.15) is 0 Å². The van der Waals surface area contributed by atoms with Crippen molar-refractivity contribution in [3.05, 3.63) is 12.2 Å². The highest BCUT2D eigenvalue weighted by Crippen LogP contribution is 2.23. The highest BCUT2D eigenvalue weighted by atomic mass is 16.5. The van der Waals surface area contributed by atoms with Gasteiger partial charge >= 0.3 is 5.97 Å². The topological polar surface area (TPSA) is 75.6 Å². The van der Waals surface area contributed by atoms with E-state index in [1.807, 2.05) is 19.1 Å². The lowest BCUT2D eigenvalue weighted by Gasteiger charge is -2.24. The average molecular weight is 267 g/mol. The second-order valence-corrected chi connectivity index (χ2v) is 5.28. The molecule has 1 aliphatic carbocycles. The molecule has 19 heavy (non-hydrogen) atoms.